The van der Waals surface area contributed by atoms with Gasteiger partial charge in [-0.15, -0.1) is 0 Å². The number of rotatable bonds is 7. The maximum atomic E-state index is 11.9. The van der Waals surface area contributed by atoms with Crippen molar-refractivity contribution < 1.29 is 14.3 Å². The van der Waals surface area contributed by atoms with Crippen LogP contribution in [0.3, 0.4) is 0 Å². The lowest BCUT2D eigenvalue weighted by Crippen LogP contribution is -2.51. The minimum Gasteiger partial charge on any atom is -0.494 e. The zero-order chi connectivity index (χ0) is 15.8. The first-order chi connectivity index (χ1) is 10.7. The quantitative estimate of drug-likeness (QED) is 0.808. The molecule has 1 aliphatic heterocycles. The molecule has 122 valence electrons. The fourth-order valence-corrected chi connectivity index (χ4v) is 2.43. The molecule has 22 heavy (non-hydrogen) atoms. The predicted molar refractivity (Wildman–Crippen MR) is 86.3 cm³/mol. The summed E-state index contributed by atoms with van der Waals surface area (Å²) in [5, 5.41) is 6.32. The van der Waals surface area contributed by atoms with Crippen molar-refractivity contribution in [1.82, 2.24) is 10.6 Å². The van der Waals surface area contributed by atoms with Crippen molar-refractivity contribution in [3.05, 3.63) is 24.3 Å². The SMILES string of the molecule is CCCOc1ccc(OCC(=O)NC2CNCCC2C)cc1. The fraction of sp³-hybridized carbons (Fsp3) is 0.588. The minimum atomic E-state index is -0.0770. The van der Waals surface area contributed by atoms with Crippen LogP contribution >= 0.6 is 0 Å². The summed E-state index contributed by atoms with van der Waals surface area (Å²) in [6.07, 6.45) is 2.07. The summed E-state index contributed by atoms with van der Waals surface area (Å²) >= 11 is 0. The molecule has 1 heterocycles. The third kappa shape index (κ3) is 5.22. The van der Waals surface area contributed by atoms with Gasteiger partial charge < -0.3 is 20.1 Å². The van der Waals surface area contributed by atoms with E-state index in [9.17, 15) is 4.79 Å². The summed E-state index contributed by atoms with van der Waals surface area (Å²) in [6.45, 7) is 6.84. The van der Waals surface area contributed by atoms with E-state index in [2.05, 4.69) is 24.5 Å². The zero-order valence-electron chi connectivity index (χ0n) is 13.4. The average Bonchev–Trinajstić information content (AvgIpc) is 2.54. The van der Waals surface area contributed by atoms with Gasteiger partial charge in [0.25, 0.3) is 5.91 Å². The Bertz CT molecular complexity index is 461. The molecular formula is C17H26N2O3. The van der Waals surface area contributed by atoms with E-state index >= 15 is 0 Å². The van der Waals surface area contributed by atoms with E-state index in [-0.39, 0.29) is 18.6 Å². The van der Waals surface area contributed by atoms with Crippen molar-refractivity contribution in [1.29, 1.82) is 0 Å². The topological polar surface area (TPSA) is 59.6 Å². The molecule has 1 fully saturated rings. The van der Waals surface area contributed by atoms with Gasteiger partial charge in [-0.2, -0.15) is 0 Å². The van der Waals surface area contributed by atoms with E-state index in [1.165, 1.54) is 0 Å². The molecule has 0 spiro atoms. The Kier molecular flexibility index (Phi) is 6.52. The second-order valence-corrected chi connectivity index (χ2v) is 5.75. The largest absolute Gasteiger partial charge is 0.494 e. The number of ether oxygens (including phenoxy) is 2. The van der Waals surface area contributed by atoms with Crippen LogP contribution < -0.4 is 20.1 Å². The van der Waals surface area contributed by atoms with Crippen molar-refractivity contribution >= 4 is 5.91 Å². The van der Waals surface area contributed by atoms with Gasteiger partial charge in [-0.25, -0.2) is 0 Å². The molecular weight excluding hydrogens is 280 g/mol. The van der Waals surface area contributed by atoms with E-state index < -0.39 is 0 Å². The van der Waals surface area contributed by atoms with Crippen molar-refractivity contribution in [3.63, 3.8) is 0 Å². The zero-order valence-corrected chi connectivity index (χ0v) is 13.4. The fourth-order valence-electron chi connectivity index (χ4n) is 2.43. The van der Waals surface area contributed by atoms with Gasteiger partial charge in [0, 0.05) is 12.6 Å². The van der Waals surface area contributed by atoms with Crippen LogP contribution in [0.1, 0.15) is 26.7 Å². The van der Waals surface area contributed by atoms with Crippen molar-refractivity contribution in [3.8, 4) is 11.5 Å². The predicted octanol–water partition coefficient (Wildman–Crippen LogP) is 1.97. The summed E-state index contributed by atoms with van der Waals surface area (Å²) in [5.74, 6) is 1.92. The summed E-state index contributed by atoms with van der Waals surface area (Å²) < 4.78 is 11.0. The number of nitrogens with one attached hydrogen (secondary N) is 2. The molecule has 2 rings (SSSR count). The molecule has 1 aromatic rings. The Morgan fingerprint density at radius 2 is 1.95 bits per heavy atom. The lowest BCUT2D eigenvalue weighted by atomic mass is 9.95. The standard InChI is InChI=1S/C17H26N2O3/c1-3-10-21-14-4-6-15(7-5-14)22-12-17(20)19-16-11-18-9-8-13(16)2/h4-7,13,16,18H,3,8-12H2,1-2H3,(H,19,20). The Morgan fingerprint density at radius 1 is 1.27 bits per heavy atom. The van der Waals surface area contributed by atoms with Crippen LogP contribution in [0.4, 0.5) is 0 Å². The van der Waals surface area contributed by atoms with E-state index in [1.54, 1.807) is 0 Å². The Balaban J connectivity index is 1.73. The van der Waals surface area contributed by atoms with Gasteiger partial charge in [-0.1, -0.05) is 13.8 Å². The molecule has 0 radical (unpaired) electrons. The van der Waals surface area contributed by atoms with Gasteiger partial charge in [0.05, 0.1) is 6.61 Å². The lowest BCUT2D eigenvalue weighted by molar-refractivity contribution is -0.124. The number of carbonyl (C=O) groups is 1. The van der Waals surface area contributed by atoms with Gasteiger partial charge in [0.2, 0.25) is 0 Å². The number of hydrogen-bond acceptors (Lipinski definition) is 4. The summed E-state index contributed by atoms with van der Waals surface area (Å²) in [4.78, 5) is 11.9. The maximum absolute atomic E-state index is 11.9. The Labute approximate surface area is 132 Å². The third-order valence-electron chi connectivity index (χ3n) is 3.84. The highest BCUT2D eigenvalue weighted by molar-refractivity contribution is 5.77. The van der Waals surface area contributed by atoms with Crippen molar-refractivity contribution in [2.45, 2.75) is 32.7 Å². The number of carbonyl (C=O) groups excluding carboxylic acids is 1. The molecule has 0 aliphatic carbocycles. The normalized spacial score (nSPS) is 21.2. The van der Waals surface area contributed by atoms with Crippen LogP contribution in [-0.2, 0) is 4.79 Å². The monoisotopic (exact) mass is 306 g/mol. The van der Waals surface area contributed by atoms with Gasteiger partial charge in [-0.05, 0) is 49.6 Å². The summed E-state index contributed by atoms with van der Waals surface area (Å²) in [5.41, 5.74) is 0. The molecule has 2 N–H and O–H groups in total. The first-order valence-electron chi connectivity index (χ1n) is 8.04. The smallest absolute Gasteiger partial charge is 0.258 e. The number of hydrogen-bond donors (Lipinski definition) is 2. The summed E-state index contributed by atoms with van der Waals surface area (Å²) in [7, 11) is 0. The Hall–Kier alpha value is -1.75. The highest BCUT2D eigenvalue weighted by Gasteiger charge is 2.22. The molecule has 1 aliphatic rings. The first kappa shape index (κ1) is 16.6. The van der Waals surface area contributed by atoms with Crippen LogP contribution in [-0.4, -0.2) is 38.3 Å². The van der Waals surface area contributed by atoms with Gasteiger partial charge in [0.15, 0.2) is 6.61 Å². The van der Waals surface area contributed by atoms with E-state index in [1.807, 2.05) is 24.3 Å². The lowest BCUT2D eigenvalue weighted by Gasteiger charge is -2.30. The van der Waals surface area contributed by atoms with Crippen molar-refractivity contribution in [2.24, 2.45) is 5.92 Å². The van der Waals surface area contributed by atoms with Gasteiger partial charge >= 0.3 is 0 Å². The second kappa shape index (κ2) is 8.63. The van der Waals surface area contributed by atoms with Crippen molar-refractivity contribution in [2.75, 3.05) is 26.3 Å². The average molecular weight is 306 g/mol. The number of piperidine rings is 1. The molecule has 1 aromatic carbocycles. The van der Waals surface area contributed by atoms with Crippen LogP contribution in [0.5, 0.6) is 11.5 Å². The van der Waals surface area contributed by atoms with E-state index in [4.69, 9.17) is 9.47 Å². The highest BCUT2D eigenvalue weighted by atomic mass is 16.5. The van der Waals surface area contributed by atoms with Crippen LogP contribution in [0.2, 0.25) is 0 Å². The number of amides is 1. The molecule has 5 nitrogen and oxygen atoms in total. The van der Waals surface area contributed by atoms with Gasteiger partial charge in [0.1, 0.15) is 11.5 Å². The molecule has 0 bridgehead atoms. The second-order valence-electron chi connectivity index (χ2n) is 5.75. The highest BCUT2D eigenvalue weighted by Crippen LogP contribution is 2.17. The molecule has 5 heteroatoms. The minimum absolute atomic E-state index is 0.0401. The van der Waals surface area contributed by atoms with E-state index in [0.29, 0.717) is 18.3 Å². The molecule has 2 unspecified atom stereocenters. The molecule has 2 atom stereocenters. The maximum Gasteiger partial charge on any atom is 0.258 e. The molecule has 0 aromatic heterocycles. The molecule has 1 saturated heterocycles. The number of benzene rings is 1. The third-order valence-corrected chi connectivity index (χ3v) is 3.84. The Morgan fingerprint density at radius 3 is 2.59 bits per heavy atom. The van der Waals surface area contributed by atoms with Crippen LogP contribution in [0.15, 0.2) is 24.3 Å². The summed E-state index contributed by atoms with van der Waals surface area (Å²) in [6, 6.07) is 7.55. The molecule has 0 saturated carbocycles. The first-order valence-corrected chi connectivity index (χ1v) is 8.04. The van der Waals surface area contributed by atoms with Gasteiger partial charge in [-0.3, -0.25) is 4.79 Å². The van der Waals surface area contributed by atoms with E-state index in [0.717, 1.165) is 31.7 Å². The van der Waals surface area contributed by atoms with Crippen LogP contribution in [0, 0.1) is 5.92 Å². The molecule has 1 amide bonds. The van der Waals surface area contributed by atoms with Crippen LogP contribution in [0.25, 0.3) is 0 Å².